The van der Waals surface area contributed by atoms with Gasteiger partial charge in [0.2, 0.25) is 11.1 Å². The number of ether oxygens (including phenoxy) is 1. The lowest BCUT2D eigenvalue weighted by Crippen LogP contribution is -2.23. The van der Waals surface area contributed by atoms with E-state index in [-0.39, 0.29) is 11.2 Å². The van der Waals surface area contributed by atoms with Gasteiger partial charge in [-0.2, -0.15) is 0 Å². The molecule has 2 N–H and O–H groups in total. The van der Waals surface area contributed by atoms with E-state index in [4.69, 9.17) is 9.15 Å². The molecule has 4 rings (SSSR count). The zero-order chi connectivity index (χ0) is 22.3. The van der Waals surface area contributed by atoms with Crippen LogP contribution in [0.1, 0.15) is 28.6 Å². The minimum absolute atomic E-state index is 0.0645. The molecule has 0 aliphatic heterocycles. The van der Waals surface area contributed by atoms with Crippen molar-refractivity contribution in [3.63, 3.8) is 0 Å². The molecule has 2 aromatic carbocycles. The molecule has 0 unspecified atom stereocenters. The van der Waals surface area contributed by atoms with Crippen LogP contribution in [0.4, 0.5) is 0 Å². The monoisotopic (exact) mass is 448 g/mol. The molecule has 0 radical (unpaired) electrons. The van der Waals surface area contributed by atoms with Crippen LogP contribution in [-0.4, -0.2) is 28.2 Å². The Kier molecular flexibility index (Phi) is 6.91. The van der Waals surface area contributed by atoms with Crippen molar-refractivity contribution in [1.82, 2.24) is 20.5 Å². The molecule has 0 saturated heterocycles. The Morgan fingerprint density at radius 3 is 2.62 bits per heavy atom. The van der Waals surface area contributed by atoms with Gasteiger partial charge in [0, 0.05) is 17.2 Å². The number of methoxy groups -OCH3 is 1. The maximum atomic E-state index is 12.6. The first-order valence-corrected chi connectivity index (χ1v) is 11.1. The third kappa shape index (κ3) is 5.59. The van der Waals surface area contributed by atoms with Crippen LogP contribution in [0.25, 0.3) is 11.4 Å². The number of aromatic nitrogens is 3. The number of hydrogen-bond acceptors (Lipinski definition) is 6. The molecule has 164 valence electrons. The van der Waals surface area contributed by atoms with Crippen molar-refractivity contribution in [2.24, 2.45) is 0 Å². The van der Waals surface area contributed by atoms with E-state index in [9.17, 15) is 4.79 Å². The lowest BCUT2D eigenvalue weighted by atomic mass is 10.1. The second kappa shape index (κ2) is 10.2. The summed E-state index contributed by atoms with van der Waals surface area (Å²) in [7, 11) is 1.63. The highest BCUT2D eigenvalue weighted by atomic mass is 32.2. The molecule has 0 aliphatic carbocycles. The van der Waals surface area contributed by atoms with Crippen LogP contribution in [0, 0.1) is 6.92 Å². The quantitative estimate of drug-likeness (QED) is 0.353. The van der Waals surface area contributed by atoms with Crippen molar-refractivity contribution in [2.45, 2.75) is 30.3 Å². The van der Waals surface area contributed by atoms with Gasteiger partial charge in [0.15, 0.2) is 5.82 Å². The van der Waals surface area contributed by atoms with Gasteiger partial charge in [-0.15, -0.1) is 5.10 Å². The van der Waals surface area contributed by atoms with Gasteiger partial charge in [-0.25, -0.2) is 4.98 Å². The summed E-state index contributed by atoms with van der Waals surface area (Å²) < 4.78 is 10.5. The third-order valence-corrected chi connectivity index (χ3v) is 6.05. The van der Waals surface area contributed by atoms with Crippen molar-refractivity contribution in [3.8, 4) is 17.1 Å². The van der Waals surface area contributed by atoms with Gasteiger partial charge < -0.3 is 14.5 Å². The van der Waals surface area contributed by atoms with E-state index < -0.39 is 0 Å². The predicted octanol–water partition coefficient (Wildman–Crippen LogP) is 4.92. The van der Waals surface area contributed by atoms with Crippen LogP contribution in [-0.2, 0) is 11.3 Å². The van der Waals surface area contributed by atoms with E-state index in [2.05, 4.69) is 20.5 Å². The van der Waals surface area contributed by atoms with Gasteiger partial charge in [-0.05, 0) is 48.9 Å². The van der Waals surface area contributed by atoms with Crippen LogP contribution >= 0.6 is 11.8 Å². The highest BCUT2D eigenvalue weighted by Crippen LogP contribution is 2.37. The molecule has 0 aliphatic rings. The van der Waals surface area contributed by atoms with Crippen molar-refractivity contribution in [1.29, 1.82) is 0 Å². The number of nitrogens with one attached hydrogen (secondary N) is 2. The largest absolute Gasteiger partial charge is 0.497 e. The second-order valence-corrected chi connectivity index (χ2v) is 8.44. The van der Waals surface area contributed by atoms with E-state index in [1.807, 2.05) is 61.5 Å². The summed E-state index contributed by atoms with van der Waals surface area (Å²) in [6.45, 7) is 2.40. The average Bonchev–Trinajstić information content (AvgIpc) is 3.50. The first-order chi connectivity index (χ1) is 15.6. The van der Waals surface area contributed by atoms with Crippen LogP contribution in [0.15, 0.2) is 76.5 Å². The van der Waals surface area contributed by atoms with E-state index >= 15 is 0 Å². The number of hydrogen-bond donors (Lipinski definition) is 2. The second-order valence-electron chi connectivity index (χ2n) is 7.27. The minimum atomic E-state index is -0.133. The van der Waals surface area contributed by atoms with Crippen LogP contribution < -0.4 is 10.1 Å². The number of furan rings is 1. The maximum Gasteiger partial charge on any atom is 0.221 e. The molecule has 0 bridgehead atoms. The number of carbonyl (C=O) groups is 1. The van der Waals surface area contributed by atoms with Crippen LogP contribution in [0.2, 0.25) is 0 Å². The van der Waals surface area contributed by atoms with Crippen molar-refractivity contribution >= 4 is 17.7 Å². The number of aromatic amines is 1. The van der Waals surface area contributed by atoms with Crippen molar-refractivity contribution < 1.29 is 13.9 Å². The third-order valence-electron chi connectivity index (χ3n) is 4.94. The minimum Gasteiger partial charge on any atom is -0.497 e. The Bertz CT molecular complexity index is 1140. The molecule has 1 atom stereocenters. The van der Waals surface area contributed by atoms with Gasteiger partial charge >= 0.3 is 0 Å². The number of thioether (sulfide) groups is 1. The predicted molar refractivity (Wildman–Crippen MR) is 123 cm³/mol. The molecular formula is C24H24N4O3S. The van der Waals surface area contributed by atoms with Gasteiger partial charge in [0.05, 0.1) is 19.9 Å². The summed E-state index contributed by atoms with van der Waals surface area (Å²) in [5.74, 6) is 2.10. The topological polar surface area (TPSA) is 93.0 Å². The van der Waals surface area contributed by atoms with Crippen LogP contribution in [0.3, 0.4) is 0 Å². The van der Waals surface area contributed by atoms with Crippen molar-refractivity contribution in [3.05, 3.63) is 83.8 Å². The summed E-state index contributed by atoms with van der Waals surface area (Å²) in [5.41, 5.74) is 3.12. The zero-order valence-electron chi connectivity index (χ0n) is 17.9. The van der Waals surface area contributed by atoms with E-state index in [0.717, 1.165) is 22.6 Å². The molecule has 8 heteroatoms. The average molecular weight is 449 g/mol. The first kappa shape index (κ1) is 21.7. The number of amides is 1. The summed E-state index contributed by atoms with van der Waals surface area (Å²) in [6.07, 6.45) is 1.89. The molecule has 32 heavy (non-hydrogen) atoms. The number of H-pyrrole nitrogens is 1. The summed E-state index contributed by atoms with van der Waals surface area (Å²) in [5, 5.41) is 10.7. The molecule has 7 nitrogen and oxygen atoms in total. The summed E-state index contributed by atoms with van der Waals surface area (Å²) >= 11 is 1.46. The molecule has 2 aromatic heterocycles. The summed E-state index contributed by atoms with van der Waals surface area (Å²) in [6, 6.07) is 19.4. The highest BCUT2D eigenvalue weighted by Gasteiger charge is 2.20. The number of rotatable bonds is 9. The number of nitrogens with zero attached hydrogens (tertiary/aromatic N) is 2. The van der Waals surface area contributed by atoms with E-state index in [1.54, 1.807) is 19.4 Å². The number of carbonyl (C=O) groups excluding carboxylic acids is 1. The Balaban J connectivity index is 1.48. The SMILES string of the molecule is COc1ccc(-c2nc(S[C@@H](CC(=O)NCc3ccco3)c3ccc(C)cc3)n[nH]2)cc1. The molecule has 2 heterocycles. The fourth-order valence-corrected chi connectivity index (χ4v) is 4.18. The van der Waals surface area contributed by atoms with E-state index in [1.165, 1.54) is 17.3 Å². The lowest BCUT2D eigenvalue weighted by Gasteiger charge is -2.15. The molecule has 0 saturated carbocycles. The molecular weight excluding hydrogens is 424 g/mol. The fourth-order valence-electron chi connectivity index (χ4n) is 3.15. The normalized spacial score (nSPS) is 11.8. The smallest absolute Gasteiger partial charge is 0.221 e. The van der Waals surface area contributed by atoms with Crippen LogP contribution in [0.5, 0.6) is 5.75 Å². The fraction of sp³-hybridized carbons (Fsp3) is 0.208. The van der Waals surface area contributed by atoms with Gasteiger partial charge in [-0.3, -0.25) is 9.89 Å². The van der Waals surface area contributed by atoms with E-state index in [0.29, 0.717) is 23.9 Å². The number of aryl methyl sites for hydroxylation is 1. The molecule has 4 aromatic rings. The Morgan fingerprint density at radius 1 is 1.16 bits per heavy atom. The standard InChI is InChI=1S/C24H24N4O3S/c1-16-5-7-17(8-6-16)21(14-22(29)25-15-20-4-3-13-31-20)32-24-26-23(27-28-24)18-9-11-19(30-2)12-10-18/h3-13,21H,14-15H2,1-2H3,(H,25,29)(H,26,27,28)/t21-/m0/s1. The summed E-state index contributed by atoms with van der Waals surface area (Å²) in [4.78, 5) is 17.3. The molecule has 1 amide bonds. The highest BCUT2D eigenvalue weighted by molar-refractivity contribution is 7.99. The Labute approximate surface area is 190 Å². The Hall–Kier alpha value is -3.52. The van der Waals surface area contributed by atoms with Crippen molar-refractivity contribution in [2.75, 3.05) is 7.11 Å². The molecule has 0 fully saturated rings. The lowest BCUT2D eigenvalue weighted by molar-refractivity contribution is -0.121. The maximum absolute atomic E-state index is 12.6. The van der Waals surface area contributed by atoms with Gasteiger partial charge in [-0.1, -0.05) is 41.6 Å². The van der Waals surface area contributed by atoms with Gasteiger partial charge in [0.1, 0.15) is 11.5 Å². The Morgan fingerprint density at radius 2 is 1.94 bits per heavy atom. The molecule has 0 spiro atoms. The first-order valence-electron chi connectivity index (χ1n) is 10.2. The zero-order valence-corrected chi connectivity index (χ0v) is 18.7. The van der Waals surface area contributed by atoms with Gasteiger partial charge in [0.25, 0.3) is 0 Å². The number of benzene rings is 2.